The Morgan fingerprint density at radius 1 is 1.11 bits per heavy atom. The van der Waals surface area contributed by atoms with Gasteiger partial charge in [-0.25, -0.2) is 9.97 Å². The Morgan fingerprint density at radius 2 is 1.93 bits per heavy atom. The van der Waals surface area contributed by atoms with Gasteiger partial charge in [0.1, 0.15) is 16.3 Å². The van der Waals surface area contributed by atoms with Gasteiger partial charge >= 0.3 is 0 Å². The maximum atomic E-state index is 12.4. The molecule has 0 radical (unpaired) electrons. The van der Waals surface area contributed by atoms with Crippen LogP contribution in [0, 0.1) is 13.8 Å². The number of benzene rings is 1. The van der Waals surface area contributed by atoms with Gasteiger partial charge in [-0.3, -0.25) is 4.79 Å². The second kappa shape index (κ2) is 7.32. The number of pyridine rings is 1. The molecule has 1 amide bonds. The first kappa shape index (κ1) is 17.4. The minimum absolute atomic E-state index is 0.160. The Hall–Kier alpha value is -2.99. The molecule has 1 N–H and O–H groups in total. The summed E-state index contributed by atoms with van der Waals surface area (Å²) in [5.74, 6) is -0.160. The summed E-state index contributed by atoms with van der Waals surface area (Å²) in [6.45, 7) is 4.59. The van der Waals surface area contributed by atoms with Crippen LogP contribution >= 0.6 is 11.3 Å². The fraction of sp³-hybridized carbons (Fsp3) is 0.190. The quantitative estimate of drug-likeness (QED) is 0.572. The van der Waals surface area contributed by atoms with E-state index in [0.717, 1.165) is 27.6 Å². The average Bonchev–Trinajstić information content (AvgIpc) is 3.30. The van der Waals surface area contributed by atoms with E-state index in [-0.39, 0.29) is 5.91 Å². The number of aromatic nitrogens is 3. The molecule has 1 aromatic carbocycles. The van der Waals surface area contributed by atoms with Crippen LogP contribution in [0.5, 0.6) is 0 Å². The summed E-state index contributed by atoms with van der Waals surface area (Å²) in [5.41, 5.74) is 5.61. The highest BCUT2D eigenvalue weighted by Gasteiger charge is 2.11. The highest BCUT2D eigenvalue weighted by atomic mass is 32.1. The van der Waals surface area contributed by atoms with Crippen LogP contribution in [-0.4, -0.2) is 26.8 Å². The monoisotopic (exact) mass is 376 g/mol. The summed E-state index contributed by atoms with van der Waals surface area (Å²) in [5, 5.41) is 5.99. The van der Waals surface area contributed by atoms with Gasteiger partial charge in [-0.15, -0.1) is 11.3 Å². The largest absolute Gasteiger partial charge is 0.350 e. The minimum atomic E-state index is -0.160. The molecule has 0 bridgehead atoms. The summed E-state index contributed by atoms with van der Waals surface area (Å²) < 4.78 is 1.92. The van der Waals surface area contributed by atoms with Gasteiger partial charge in [0.15, 0.2) is 0 Å². The summed E-state index contributed by atoms with van der Waals surface area (Å²) in [7, 11) is 0. The molecule has 0 aliphatic heterocycles. The number of hydrogen-bond donors (Lipinski definition) is 1. The van der Waals surface area contributed by atoms with Crippen molar-refractivity contribution in [2.45, 2.75) is 20.3 Å². The lowest BCUT2D eigenvalue weighted by atomic mass is 10.2. The van der Waals surface area contributed by atoms with Crippen molar-refractivity contribution in [2.75, 3.05) is 6.54 Å². The summed E-state index contributed by atoms with van der Waals surface area (Å²) in [6, 6.07) is 14.2. The Labute approximate surface area is 161 Å². The maximum Gasteiger partial charge on any atom is 0.271 e. The number of rotatable bonds is 5. The van der Waals surface area contributed by atoms with Crippen LogP contribution < -0.4 is 5.32 Å². The lowest BCUT2D eigenvalue weighted by molar-refractivity contribution is 0.0949. The van der Waals surface area contributed by atoms with Crippen molar-refractivity contribution >= 4 is 22.9 Å². The minimum Gasteiger partial charge on any atom is -0.350 e. The SMILES string of the molecule is Cc1ccc(-c2nc(CCNC(=O)c3cn4c(C)cccc4n3)cs2)cc1. The molecule has 0 atom stereocenters. The molecular weight excluding hydrogens is 356 g/mol. The second-order valence-corrected chi connectivity index (χ2v) is 7.40. The number of nitrogens with zero attached hydrogens (tertiary/aromatic N) is 3. The summed E-state index contributed by atoms with van der Waals surface area (Å²) in [6.07, 6.45) is 2.47. The van der Waals surface area contributed by atoms with Gasteiger partial charge in [-0.05, 0) is 26.0 Å². The van der Waals surface area contributed by atoms with Crippen LogP contribution in [0.2, 0.25) is 0 Å². The molecule has 0 fully saturated rings. The lowest BCUT2D eigenvalue weighted by Gasteiger charge is -2.01. The van der Waals surface area contributed by atoms with Crippen LogP contribution in [0.4, 0.5) is 0 Å². The van der Waals surface area contributed by atoms with Crippen molar-refractivity contribution in [3.05, 3.63) is 76.7 Å². The Morgan fingerprint density at radius 3 is 2.70 bits per heavy atom. The number of imidazole rings is 1. The van der Waals surface area contributed by atoms with Crippen LogP contribution in [0.15, 0.2) is 54.0 Å². The fourth-order valence-corrected chi connectivity index (χ4v) is 3.76. The normalized spacial score (nSPS) is 11.0. The van der Waals surface area contributed by atoms with Crippen molar-refractivity contribution in [1.82, 2.24) is 19.7 Å². The van der Waals surface area contributed by atoms with Gasteiger partial charge in [-0.2, -0.15) is 0 Å². The topological polar surface area (TPSA) is 59.3 Å². The molecule has 0 aliphatic carbocycles. The molecule has 136 valence electrons. The predicted octanol–water partition coefficient (Wildman–Crippen LogP) is 4.05. The first-order valence-corrected chi connectivity index (χ1v) is 9.72. The van der Waals surface area contributed by atoms with Gasteiger partial charge in [0, 0.05) is 35.8 Å². The van der Waals surface area contributed by atoms with E-state index in [2.05, 4.69) is 51.9 Å². The van der Waals surface area contributed by atoms with Crippen LogP contribution in [0.25, 0.3) is 16.2 Å². The number of nitrogens with one attached hydrogen (secondary N) is 1. The zero-order chi connectivity index (χ0) is 18.8. The van der Waals surface area contributed by atoms with Crippen LogP contribution in [-0.2, 0) is 6.42 Å². The van der Waals surface area contributed by atoms with E-state index in [1.54, 1.807) is 17.5 Å². The first-order valence-electron chi connectivity index (χ1n) is 8.84. The molecule has 4 rings (SSSR count). The third-order valence-corrected chi connectivity index (χ3v) is 5.39. The van der Waals surface area contributed by atoms with Crippen molar-refractivity contribution in [1.29, 1.82) is 0 Å². The molecule has 6 heteroatoms. The smallest absolute Gasteiger partial charge is 0.271 e. The fourth-order valence-electron chi connectivity index (χ4n) is 2.90. The molecule has 0 spiro atoms. The Kier molecular flexibility index (Phi) is 4.73. The van der Waals surface area contributed by atoms with E-state index in [1.165, 1.54) is 5.56 Å². The van der Waals surface area contributed by atoms with E-state index < -0.39 is 0 Å². The lowest BCUT2D eigenvalue weighted by Crippen LogP contribution is -2.26. The van der Waals surface area contributed by atoms with Crippen molar-refractivity contribution in [2.24, 2.45) is 0 Å². The molecule has 0 saturated carbocycles. The predicted molar refractivity (Wildman–Crippen MR) is 108 cm³/mol. The second-order valence-electron chi connectivity index (χ2n) is 6.54. The van der Waals surface area contributed by atoms with Gasteiger partial charge in [-0.1, -0.05) is 35.9 Å². The first-order chi connectivity index (χ1) is 13.1. The molecule has 27 heavy (non-hydrogen) atoms. The van der Waals surface area contributed by atoms with Crippen LogP contribution in [0.1, 0.15) is 27.4 Å². The van der Waals surface area contributed by atoms with Gasteiger partial charge < -0.3 is 9.72 Å². The number of fused-ring (bicyclic) bond motifs is 1. The molecule has 0 unspecified atom stereocenters. The van der Waals surface area contributed by atoms with Crippen LogP contribution in [0.3, 0.4) is 0 Å². The van der Waals surface area contributed by atoms with Gasteiger partial charge in [0.2, 0.25) is 0 Å². The number of aryl methyl sites for hydroxylation is 2. The molecule has 0 saturated heterocycles. The number of amides is 1. The maximum absolute atomic E-state index is 12.4. The number of carbonyl (C=O) groups is 1. The highest BCUT2D eigenvalue weighted by molar-refractivity contribution is 7.13. The van der Waals surface area contributed by atoms with E-state index in [0.29, 0.717) is 18.7 Å². The zero-order valence-electron chi connectivity index (χ0n) is 15.3. The van der Waals surface area contributed by atoms with Crippen molar-refractivity contribution < 1.29 is 4.79 Å². The number of hydrogen-bond acceptors (Lipinski definition) is 4. The molecule has 3 heterocycles. The highest BCUT2D eigenvalue weighted by Crippen LogP contribution is 2.24. The van der Waals surface area contributed by atoms with Crippen molar-refractivity contribution in [3.8, 4) is 10.6 Å². The molecule has 3 aromatic heterocycles. The molecule has 4 aromatic rings. The van der Waals surface area contributed by atoms with E-state index in [4.69, 9.17) is 0 Å². The Balaban J connectivity index is 1.37. The van der Waals surface area contributed by atoms with E-state index >= 15 is 0 Å². The number of carbonyl (C=O) groups excluding carboxylic acids is 1. The van der Waals surface area contributed by atoms with E-state index in [1.807, 2.05) is 29.5 Å². The van der Waals surface area contributed by atoms with E-state index in [9.17, 15) is 4.79 Å². The third kappa shape index (κ3) is 3.75. The zero-order valence-corrected chi connectivity index (χ0v) is 16.1. The molecule has 0 aliphatic rings. The Bertz CT molecular complexity index is 1100. The third-order valence-electron chi connectivity index (χ3n) is 4.45. The average molecular weight is 376 g/mol. The van der Waals surface area contributed by atoms with Gasteiger partial charge in [0.05, 0.1) is 5.69 Å². The van der Waals surface area contributed by atoms with Crippen molar-refractivity contribution in [3.63, 3.8) is 0 Å². The standard InChI is InChI=1S/C21H20N4OS/c1-14-6-8-16(9-7-14)21-23-17(13-27-21)10-11-22-20(26)18-12-25-15(2)4-3-5-19(25)24-18/h3-9,12-13H,10-11H2,1-2H3,(H,22,26). The molecule has 5 nitrogen and oxygen atoms in total. The molecular formula is C21H20N4OS. The summed E-state index contributed by atoms with van der Waals surface area (Å²) >= 11 is 1.63. The summed E-state index contributed by atoms with van der Waals surface area (Å²) in [4.78, 5) is 21.4. The number of thiazole rings is 1. The van der Waals surface area contributed by atoms with Gasteiger partial charge in [0.25, 0.3) is 5.91 Å².